The molecule has 0 radical (unpaired) electrons. The van der Waals surface area contributed by atoms with Crippen LogP contribution in [0.15, 0.2) is 24.3 Å². The van der Waals surface area contributed by atoms with Crippen LogP contribution in [0.1, 0.15) is 17.3 Å². The second-order valence-electron chi connectivity index (χ2n) is 3.52. The predicted octanol–water partition coefficient (Wildman–Crippen LogP) is 1.26. The van der Waals surface area contributed by atoms with Crippen molar-refractivity contribution in [1.82, 2.24) is 5.32 Å². The molecule has 0 aliphatic carbocycles. The quantitative estimate of drug-likeness (QED) is 0.712. The van der Waals surface area contributed by atoms with Crippen LogP contribution in [0.2, 0.25) is 0 Å². The highest BCUT2D eigenvalue weighted by atomic mass is 16.1. The highest BCUT2D eigenvalue weighted by Crippen LogP contribution is 2.16. The predicted molar refractivity (Wildman–Crippen MR) is 56.7 cm³/mol. The van der Waals surface area contributed by atoms with Gasteiger partial charge in [0, 0.05) is 24.3 Å². The Morgan fingerprint density at radius 3 is 2.57 bits per heavy atom. The maximum atomic E-state index is 11.1. The van der Waals surface area contributed by atoms with Gasteiger partial charge in [-0.1, -0.05) is 0 Å². The Hall–Kier alpha value is -1.35. The van der Waals surface area contributed by atoms with Crippen LogP contribution in [0.4, 0.5) is 5.69 Å². The van der Waals surface area contributed by atoms with Crippen LogP contribution in [-0.4, -0.2) is 25.5 Å². The minimum Gasteiger partial charge on any atom is -0.357 e. The summed E-state index contributed by atoms with van der Waals surface area (Å²) in [5.74, 6) is 0.121. The third-order valence-electron chi connectivity index (χ3n) is 2.50. The number of ketones is 1. The molecule has 0 bridgehead atoms. The fourth-order valence-electron chi connectivity index (χ4n) is 1.63. The van der Waals surface area contributed by atoms with Gasteiger partial charge in [-0.3, -0.25) is 10.1 Å². The summed E-state index contributed by atoms with van der Waals surface area (Å²) < 4.78 is 0. The number of anilines is 1. The highest BCUT2D eigenvalue weighted by Gasteiger charge is 2.11. The molecular weight excluding hydrogens is 176 g/mol. The molecular formula is C11H14N2O. The van der Waals surface area contributed by atoms with Crippen LogP contribution < -0.4 is 10.2 Å². The first-order valence-corrected chi connectivity index (χ1v) is 4.84. The van der Waals surface area contributed by atoms with Gasteiger partial charge in [0.2, 0.25) is 0 Å². The molecule has 2 rings (SSSR count). The Balaban J connectivity index is 2.16. The van der Waals surface area contributed by atoms with Crippen LogP contribution in [-0.2, 0) is 0 Å². The molecule has 0 unspecified atom stereocenters. The van der Waals surface area contributed by atoms with Crippen LogP contribution in [0.3, 0.4) is 0 Å². The maximum Gasteiger partial charge on any atom is 0.159 e. The van der Waals surface area contributed by atoms with Gasteiger partial charge in [-0.2, -0.15) is 0 Å². The fourth-order valence-corrected chi connectivity index (χ4v) is 1.63. The minimum atomic E-state index is 0.121. The Kier molecular flexibility index (Phi) is 2.50. The first-order chi connectivity index (χ1) is 6.77. The molecule has 1 heterocycles. The number of hydrogen-bond acceptors (Lipinski definition) is 3. The van der Waals surface area contributed by atoms with E-state index in [9.17, 15) is 4.79 Å². The largest absolute Gasteiger partial charge is 0.357 e. The fraction of sp³-hybridized carbons (Fsp3) is 0.364. The average Bonchev–Trinajstić information content (AvgIpc) is 2.71. The highest BCUT2D eigenvalue weighted by molar-refractivity contribution is 5.94. The van der Waals surface area contributed by atoms with E-state index in [0.717, 1.165) is 25.3 Å². The second kappa shape index (κ2) is 3.80. The summed E-state index contributed by atoms with van der Waals surface area (Å²) in [6.45, 7) is 4.57. The molecule has 0 atom stereocenters. The van der Waals surface area contributed by atoms with Crippen molar-refractivity contribution < 1.29 is 4.79 Å². The smallest absolute Gasteiger partial charge is 0.159 e. The van der Waals surface area contributed by atoms with Gasteiger partial charge in [0.15, 0.2) is 5.78 Å². The van der Waals surface area contributed by atoms with Crippen molar-refractivity contribution in [1.29, 1.82) is 0 Å². The number of nitrogens with one attached hydrogen (secondary N) is 1. The van der Waals surface area contributed by atoms with Crippen molar-refractivity contribution in [2.24, 2.45) is 0 Å². The first kappa shape index (κ1) is 9.21. The van der Waals surface area contributed by atoms with Gasteiger partial charge in [0.25, 0.3) is 0 Å². The summed E-state index contributed by atoms with van der Waals surface area (Å²) in [7, 11) is 0. The van der Waals surface area contributed by atoms with Crippen LogP contribution in [0.5, 0.6) is 0 Å². The Bertz CT molecular complexity index is 326. The van der Waals surface area contributed by atoms with E-state index in [2.05, 4.69) is 10.2 Å². The summed E-state index contributed by atoms with van der Waals surface area (Å²) in [6.07, 6.45) is 0. The average molecular weight is 190 g/mol. The van der Waals surface area contributed by atoms with Crippen molar-refractivity contribution in [2.75, 3.05) is 24.7 Å². The third kappa shape index (κ3) is 1.77. The topological polar surface area (TPSA) is 32.3 Å². The molecule has 1 aromatic carbocycles. The molecule has 3 heteroatoms. The van der Waals surface area contributed by atoms with Gasteiger partial charge in [-0.25, -0.2) is 0 Å². The summed E-state index contributed by atoms with van der Waals surface area (Å²) in [5.41, 5.74) is 1.96. The number of nitrogens with zero attached hydrogens (tertiary/aromatic N) is 1. The van der Waals surface area contributed by atoms with E-state index >= 15 is 0 Å². The van der Waals surface area contributed by atoms with E-state index in [1.54, 1.807) is 6.92 Å². The molecule has 1 aromatic rings. The Labute approximate surface area is 83.7 Å². The lowest BCUT2D eigenvalue weighted by Gasteiger charge is -2.16. The molecule has 1 fully saturated rings. The number of carbonyl (C=O) groups is 1. The van der Waals surface area contributed by atoms with E-state index in [4.69, 9.17) is 0 Å². The van der Waals surface area contributed by atoms with E-state index in [1.165, 1.54) is 5.69 Å². The van der Waals surface area contributed by atoms with Crippen molar-refractivity contribution in [3.8, 4) is 0 Å². The van der Waals surface area contributed by atoms with E-state index in [0.29, 0.717) is 0 Å². The molecule has 14 heavy (non-hydrogen) atoms. The van der Waals surface area contributed by atoms with Crippen LogP contribution in [0, 0.1) is 0 Å². The monoisotopic (exact) mass is 190 g/mol. The lowest BCUT2D eigenvalue weighted by Crippen LogP contribution is -2.20. The molecule has 1 saturated heterocycles. The molecule has 0 saturated carbocycles. The van der Waals surface area contributed by atoms with Gasteiger partial charge in [-0.05, 0) is 31.2 Å². The lowest BCUT2D eigenvalue weighted by atomic mass is 10.1. The summed E-state index contributed by atoms with van der Waals surface area (Å²) >= 11 is 0. The molecule has 0 spiro atoms. The summed E-state index contributed by atoms with van der Waals surface area (Å²) in [4.78, 5) is 13.3. The molecule has 1 aliphatic heterocycles. The van der Waals surface area contributed by atoms with Gasteiger partial charge in [-0.15, -0.1) is 0 Å². The summed E-state index contributed by atoms with van der Waals surface area (Å²) in [5, 5.41) is 3.27. The third-order valence-corrected chi connectivity index (χ3v) is 2.50. The number of rotatable bonds is 2. The van der Waals surface area contributed by atoms with Gasteiger partial charge >= 0.3 is 0 Å². The number of benzene rings is 1. The maximum absolute atomic E-state index is 11.1. The molecule has 1 N–H and O–H groups in total. The van der Waals surface area contributed by atoms with Crippen LogP contribution >= 0.6 is 0 Å². The normalized spacial score (nSPS) is 15.9. The zero-order valence-corrected chi connectivity index (χ0v) is 8.29. The van der Waals surface area contributed by atoms with E-state index < -0.39 is 0 Å². The second-order valence-corrected chi connectivity index (χ2v) is 3.52. The summed E-state index contributed by atoms with van der Waals surface area (Å²) in [6, 6.07) is 7.78. The minimum absolute atomic E-state index is 0.121. The van der Waals surface area contributed by atoms with Crippen molar-refractivity contribution in [3.63, 3.8) is 0 Å². The van der Waals surface area contributed by atoms with Crippen molar-refractivity contribution in [2.45, 2.75) is 6.92 Å². The number of hydrogen-bond donors (Lipinski definition) is 1. The molecule has 74 valence electrons. The molecule has 1 aliphatic rings. The Morgan fingerprint density at radius 1 is 1.36 bits per heavy atom. The Morgan fingerprint density at radius 2 is 2.07 bits per heavy atom. The molecule has 0 aromatic heterocycles. The number of carbonyl (C=O) groups excluding carboxylic acids is 1. The zero-order valence-electron chi connectivity index (χ0n) is 8.29. The zero-order chi connectivity index (χ0) is 9.97. The SMILES string of the molecule is CC(=O)c1ccc(N2CCNC2)cc1. The van der Waals surface area contributed by atoms with Crippen LogP contribution in [0.25, 0.3) is 0 Å². The molecule has 3 nitrogen and oxygen atoms in total. The lowest BCUT2D eigenvalue weighted by molar-refractivity contribution is 0.101. The van der Waals surface area contributed by atoms with Gasteiger partial charge < -0.3 is 4.90 Å². The number of Topliss-reactive ketones (excluding diaryl/α,β-unsaturated/α-hetero) is 1. The molecule has 0 amide bonds. The van der Waals surface area contributed by atoms with E-state index in [1.807, 2.05) is 24.3 Å². The first-order valence-electron chi connectivity index (χ1n) is 4.84. The van der Waals surface area contributed by atoms with Crippen molar-refractivity contribution in [3.05, 3.63) is 29.8 Å². The standard InChI is InChI=1S/C11H14N2O/c1-9(14)10-2-4-11(5-3-10)13-7-6-12-8-13/h2-5,12H,6-8H2,1H3. The van der Waals surface area contributed by atoms with Crippen molar-refractivity contribution >= 4 is 11.5 Å². The van der Waals surface area contributed by atoms with E-state index in [-0.39, 0.29) is 5.78 Å². The van der Waals surface area contributed by atoms with Gasteiger partial charge in [0.05, 0.1) is 6.67 Å². The van der Waals surface area contributed by atoms with Gasteiger partial charge in [0.1, 0.15) is 0 Å².